The summed E-state index contributed by atoms with van der Waals surface area (Å²) in [5.41, 5.74) is 2.98. The van der Waals surface area contributed by atoms with E-state index < -0.39 is 0 Å². The first-order valence-electron chi connectivity index (χ1n) is 6.14. The lowest BCUT2D eigenvalue weighted by Crippen LogP contribution is -1.90. The van der Waals surface area contributed by atoms with E-state index in [1.54, 1.807) is 0 Å². The highest BCUT2D eigenvalue weighted by atomic mass is 79.9. The van der Waals surface area contributed by atoms with E-state index in [9.17, 15) is 0 Å². The molecule has 3 nitrogen and oxygen atoms in total. The minimum Gasteiger partial charge on any atom is -0.494 e. The van der Waals surface area contributed by atoms with Crippen molar-refractivity contribution >= 4 is 21.6 Å². The van der Waals surface area contributed by atoms with Crippen LogP contribution in [0.5, 0.6) is 5.75 Å². The van der Waals surface area contributed by atoms with Crippen molar-refractivity contribution < 1.29 is 4.74 Å². The number of pyridine rings is 1. The van der Waals surface area contributed by atoms with Crippen molar-refractivity contribution in [2.24, 2.45) is 0 Å². The van der Waals surface area contributed by atoms with E-state index in [1.165, 1.54) is 0 Å². The van der Waals surface area contributed by atoms with Crippen LogP contribution in [-0.4, -0.2) is 16.0 Å². The van der Waals surface area contributed by atoms with Gasteiger partial charge in [-0.1, -0.05) is 0 Å². The highest BCUT2D eigenvalue weighted by Crippen LogP contribution is 2.23. The summed E-state index contributed by atoms with van der Waals surface area (Å²) < 4.78 is 8.49. The molecule has 0 saturated carbocycles. The van der Waals surface area contributed by atoms with Crippen LogP contribution in [0.1, 0.15) is 6.92 Å². The number of hydrogen-bond donors (Lipinski definition) is 0. The van der Waals surface area contributed by atoms with Crippen molar-refractivity contribution in [3.05, 3.63) is 53.3 Å². The van der Waals surface area contributed by atoms with Gasteiger partial charge in [0.05, 0.1) is 12.3 Å². The van der Waals surface area contributed by atoms with Gasteiger partial charge in [-0.3, -0.25) is 0 Å². The maximum atomic E-state index is 5.44. The van der Waals surface area contributed by atoms with Gasteiger partial charge in [0, 0.05) is 22.4 Å². The molecule has 0 saturated heterocycles. The Labute approximate surface area is 120 Å². The molecule has 2 aromatic heterocycles. The van der Waals surface area contributed by atoms with Gasteiger partial charge in [0.2, 0.25) is 0 Å². The molecule has 0 radical (unpaired) electrons. The molecule has 0 amide bonds. The average molecular weight is 317 g/mol. The Hall–Kier alpha value is -1.81. The van der Waals surface area contributed by atoms with Crippen LogP contribution < -0.4 is 4.74 Å². The number of nitrogens with zero attached hydrogens (tertiary/aromatic N) is 2. The third-order valence-corrected chi connectivity index (χ3v) is 3.35. The fourth-order valence-corrected chi connectivity index (χ4v) is 2.35. The average Bonchev–Trinajstić information content (AvgIpc) is 2.83. The molecule has 0 unspecified atom stereocenters. The van der Waals surface area contributed by atoms with E-state index in [-0.39, 0.29) is 0 Å². The minimum atomic E-state index is 0.682. The maximum absolute atomic E-state index is 5.44. The van der Waals surface area contributed by atoms with Crippen LogP contribution >= 0.6 is 15.9 Å². The molecule has 2 heterocycles. The number of fused-ring (bicyclic) bond motifs is 1. The second-order valence-electron chi connectivity index (χ2n) is 4.20. The number of ether oxygens (including phenoxy) is 1. The highest BCUT2D eigenvalue weighted by Gasteiger charge is 2.04. The van der Waals surface area contributed by atoms with Crippen LogP contribution in [0.2, 0.25) is 0 Å². The van der Waals surface area contributed by atoms with Gasteiger partial charge >= 0.3 is 0 Å². The Kier molecular flexibility index (Phi) is 3.25. The summed E-state index contributed by atoms with van der Waals surface area (Å²) in [5, 5.41) is 0. The first-order chi connectivity index (χ1) is 9.26. The molecule has 19 heavy (non-hydrogen) atoms. The molecule has 3 aromatic rings. The lowest BCUT2D eigenvalue weighted by atomic mass is 10.2. The smallest absolute Gasteiger partial charge is 0.137 e. The van der Waals surface area contributed by atoms with Crippen LogP contribution in [0.25, 0.3) is 16.9 Å². The summed E-state index contributed by atoms with van der Waals surface area (Å²) in [6, 6.07) is 12.0. The zero-order valence-corrected chi connectivity index (χ0v) is 12.1. The summed E-state index contributed by atoms with van der Waals surface area (Å²) in [6.07, 6.45) is 4.02. The zero-order valence-electron chi connectivity index (χ0n) is 10.5. The Bertz CT molecular complexity index is 704. The van der Waals surface area contributed by atoms with E-state index in [0.717, 1.165) is 27.1 Å². The Morgan fingerprint density at radius 2 is 1.89 bits per heavy atom. The standard InChI is InChI=1S/C15H13BrN2O/c1-2-19-13-6-3-11(4-7-13)14-10-18-9-12(16)5-8-15(18)17-14/h3-10H,2H2,1H3. The molecule has 0 bridgehead atoms. The molecular formula is C15H13BrN2O. The van der Waals surface area contributed by atoms with Gasteiger partial charge in [-0.05, 0) is 59.3 Å². The van der Waals surface area contributed by atoms with Gasteiger partial charge in [-0.2, -0.15) is 0 Å². The highest BCUT2D eigenvalue weighted by molar-refractivity contribution is 9.10. The molecule has 0 N–H and O–H groups in total. The normalized spacial score (nSPS) is 10.8. The molecule has 96 valence electrons. The summed E-state index contributed by atoms with van der Waals surface area (Å²) in [6.45, 7) is 2.66. The first-order valence-corrected chi connectivity index (χ1v) is 6.93. The largest absolute Gasteiger partial charge is 0.494 e. The van der Waals surface area contributed by atoms with Crippen molar-refractivity contribution in [1.82, 2.24) is 9.38 Å². The SMILES string of the molecule is CCOc1ccc(-c2cn3cc(Br)ccc3n2)cc1. The number of hydrogen-bond acceptors (Lipinski definition) is 2. The molecule has 0 aliphatic heterocycles. The number of imidazole rings is 1. The van der Waals surface area contributed by atoms with Gasteiger partial charge in [0.25, 0.3) is 0 Å². The summed E-state index contributed by atoms with van der Waals surface area (Å²) in [4.78, 5) is 4.60. The topological polar surface area (TPSA) is 26.5 Å². The van der Waals surface area contributed by atoms with Crippen LogP contribution in [-0.2, 0) is 0 Å². The number of benzene rings is 1. The fraction of sp³-hybridized carbons (Fsp3) is 0.133. The van der Waals surface area contributed by atoms with E-state index >= 15 is 0 Å². The van der Waals surface area contributed by atoms with Gasteiger partial charge in [-0.15, -0.1) is 0 Å². The Morgan fingerprint density at radius 3 is 2.63 bits per heavy atom. The van der Waals surface area contributed by atoms with Crippen LogP contribution in [0, 0.1) is 0 Å². The van der Waals surface area contributed by atoms with E-state index in [4.69, 9.17) is 4.74 Å². The van der Waals surface area contributed by atoms with Gasteiger partial charge < -0.3 is 9.14 Å². The Morgan fingerprint density at radius 1 is 1.11 bits per heavy atom. The van der Waals surface area contributed by atoms with Crippen molar-refractivity contribution in [3.8, 4) is 17.0 Å². The summed E-state index contributed by atoms with van der Waals surface area (Å²) in [7, 11) is 0. The molecular weight excluding hydrogens is 304 g/mol. The van der Waals surface area contributed by atoms with Crippen molar-refractivity contribution in [3.63, 3.8) is 0 Å². The molecule has 0 aliphatic carbocycles. The van der Waals surface area contributed by atoms with Gasteiger partial charge in [0.1, 0.15) is 11.4 Å². The molecule has 0 aliphatic rings. The lowest BCUT2D eigenvalue weighted by Gasteiger charge is -2.02. The van der Waals surface area contributed by atoms with Crippen LogP contribution in [0.15, 0.2) is 53.3 Å². The second-order valence-corrected chi connectivity index (χ2v) is 5.11. The molecule has 0 fully saturated rings. The van der Waals surface area contributed by atoms with Crippen LogP contribution in [0.3, 0.4) is 0 Å². The number of rotatable bonds is 3. The van der Waals surface area contributed by atoms with E-state index in [2.05, 4.69) is 20.9 Å². The lowest BCUT2D eigenvalue weighted by molar-refractivity contribution is 0.340. The first kappa shape index (κ1) is 12.2. The minimum absolute atomic E-state index is 0.682. The zero-order chi connectivity index (χ0) is 13.2. The molecule has 3 rings (SSSR count). The predicted octanol–water partition coefficient (Wildman–Crippen LogP) is 4.16. The van der Waals surface area contributed by atoms with Crippen molar-refractivity contribution in [2.75, 3.05) is 6.61 Å². The fourth-order valence-electron chi connectivity index (χ4n) is 1.99. The van der Waals surface area contributed by atoms with Crippen LogP contribution in [0.4, 0.5) is 0 Å². The Balaban J connectivity index is 1.99. The van der Waals surface area contributed by atoms with Crippen molar-refractivity contribution in [2.45, 2.75) is 6.92 Å². The van der Waals surface area contributed by atoms with E-state index in [1.807, 2.05) is 60.1 Å². The number of aromatic nitrogens is 2. The van der Waals surface area contributed by atoms with Crippen molar-refractivity contribution in [1.29, 1.82) is 0 Å². The predicted molar refractivity (Wildman–Crippen MR) is 79.5 cm³/mol. The van der Waals surface area contributed by atoms with Gasteiger partial charge in [-0.25, -0.2) is 4.98 Å². The van der Waals surface area contributed by atoms with Gasteiger partial charge in [0.15, 0.2) is 0 Å². The second kappa shape index (κ2) is 5.05. The molecule has 0 spiro atoms. The third kappa shape index (κ3) is 2.49. The molecule has 0 atom stereocenters. The maximum Gasteiger partial charge on any atom is 0.137 e. The summed E-state index contributed by atoms with van der Waals surface area (Å²) >= 11 is 3.46. The third-order valence-electron chi connectivity index (χ3n) is 2.88. The quantitative estimate of drug-likeness (QED) is 0.725. The van der Waals surface area contributed by atoms with E-state index in [0.29, 0.717) is 6.61 Å². The summed E-state index contributed by atoms with van der Waals surface area (Å²) in [5.74, 6) is 0.887. The monoisotopic (exact) mass is 316 g/mol. The molecule has 4 heteroatoms. The number of halogens is 1. The molecule has 1 aromatic carbocycles.